The maximum atomic E-state index is 5.92. The van der Waals surface area contributed by atoms with Crippen LogP contribution in [0.4, 0.5) is 0 Å². The molecule has 0 saturated carbocycles. The van der Waals surface area contributed by atoms with Gasteiger partial charge in [-0.2, -0.15) is 0 Å². The topological polar surface area (TPSA) is 74.8 Å². The van der Waals surface area contributed by atoms with Crippen molar-refractivity contribution in [1.82, 2.24) is 9.97 Å². The Morgan fingerprint density at radius 2 is 1.47 bits per heavy atom. The molecule has 7 nitrogen and oxygen atoms in total. The first-order valence-electron chi connectivity index (χ1n) is 11.3. The Morgan fingerprint density at radius 1 is 0.735 bits per heavy atom. The van der Waals surface area contributed by atoms with E-state index in [1.54, 1.807) is 14.2 Å². The highest BCUT2D eigenvalue weighted by Gasteiger charge is 2.06. The van der Waals surface area contributed by atoms with Crippen LogP contribution in [0.25, 0.3) is 11.0 Å². The van der Waals surface area contributed by atoms with Gasteiger partial charge in [-0.15, -0.1) is 0 Å². The van der Waals surface area contributed by atoms with Gasteiger partial charge in [-0.3, -0.25) is 0 Å². The quantitative estimate of drug-likeness (QED) is 0.287. The van der Waals surface area contributed by atoms with E-state index in [0.717, 1.165) is 51.8 Å². The average Bonchev–Trinajstić information content (AvgIpc) is 3.28. The third-order valence-electron chi connectivity index (χ3n) is 5.33. The zero-order chi connectivity index (χ0) is 23.8. The number of nitrogens with zero attached hydrogens (tertiary/aromatic N) is 1. The lowest BCUT2D eigenvalue weighted by Gasteiger charge is -2.10. The molecule has 0 fully saturated rings. The molecule has 178 valence electrons. The van der Waals surface area contributed by atoms with Crippen LogP contribution in [-0.2, 0) is 24.4 Å². The predicted molar refractivity (Wildman–Crippen MR) is 131 cm³/mol. The molecule has 0 aliphatic rings. The minimum atomic E-state index is 0.430. The zero-order valence-corrected chi connectivity index (χ0v) is 19.8. The van der Waals surface area contributed by atoms with E-state index >= 15 is 0 Å². The summed E-state index contributed by atoms with van der Waals surface area (Å²) >= 11 is 0. The molecule has 0 radical (unpaired) electrons. The summed E-state index contributed by atoms with van der Waals surface area (Å²) < 4.78 is 27.9. The smallest absolute Gasteiger partial charge is 0.133 e. The molecule has 1 N–H and O–H groups in total. The fraction of sp³-hybridized carbons (Fsp3) is 0.296. The van der Waals surface area contributed by atoms with Gasteiger partial charge in [0.1, 0.15) is 42.0 Å². The molecular formula is C27H30N2O5. The fourth-order valence-corrected chi connectivity index (χ4v) is 3.59. The second kappa shape index (κ2) is 11.4. The molecule has 4 aromatic rings. The molecule has 0 spiro atoms. The lowest BCUT2D eigenvalue weighted by molar-refractivity contribution is 0.119. The highest BCUT2D eigenvalue weighted by atomic mass is 16.5. The highest BCUT2D eigenvalue weighted by molar-refractivity contribution is 5.76. The summed E-state index contributed by atoms with van der Waals surface area (Å²) in [6.07, 6.45) is 0.808. The first-order valence-corrected chi connectivity index (χ1v) is 11.3. The third-order valence-corrected chi connectivity index (χ3v) is 5.33. The first-order chi connectivity index (χ1) is 16.7. The number of aromatic nitrogens is 2. The van der Waals surface area contributed by atoms with Crippen LogP contribution in [0.1, 0.15) is 23.9 Å². The van der Waals surface area contributed by atoms with Crippen molar-refractivity contribution in [1.29, 1.82) is 0 Å². The molecular weight excluding hydrogens is 432 g/mol. The van der Waals surface area contributed by atoms with Gasteiger partial charge in [0.15, 0.2) is 0 Å². The van der Waals surface area contributed by atoms with E-state index in [-0.39, 0.29) is 0 Å². The Balaban J connectivity index is 1.23. The maximum absolute atomic E-state index is 5.92. The normalized spacial score (nSPS) is 10.9. The van der Waals surface area contributed by atoms with E-state index < -0.39 is 0 Å². The van der Waals surface area contributed by atoms with Crippen LogP contribution < -0.4 is 18.9 Å². The van der Waals surface area contributed by atoms with Crippen LogP contribution in [0, 0.1) is 0 Å². The minimum absolute atomic E-state index is 0.430. The van der Waals surface area contributed by atoms with Crippen molar-refractivity contribution in [2.45, 2.75) is 26.6 Å². The minimum Gasteiger partial charge on any atom is -0.497 e. The molecule has 34 heavy (non-hydrogen) atoms. The number of nitrogens with one attached hydrogen (secondary N) is 1. The van der Waals surface area contributed by atoms with Gasteiger partial charge >= 0.3 is 0 Å². The van der Waals surface area contributed by atoms with Crippen LogP contribution in [0.5, 0.6) is 23.0 Å². The number of hydrogen-bond acceptors (Lipinski definition) is 6. The molecule has 0 atom stereocenters. The van der Waals surface area contributed by atoms with Crippen molar-refractivity contribution < 1.29 is 23.7 Å². The van der Waals surface area contributed by atoms with E-state index in [1.165, 1.54) is 5.56 Å². The molecule has 7 heteroatoms. The number of methoxy groups -OCH3 is 2. The number of hydrogen-bond donors (Lipinski definition) is 1. The van der Waals surface area contributed by atoms with Crippen molar-refractivity contribution >= 4 is 11.0 Å². The summed E-state index contributed by atoms with van der Waals surface area (Å²) in [5.41, 5.74) is 4.02. The standard InChI is InChI=1S/C27H30N2O5/c1-4-33-22-9-10-25-26(16-22)29-27(28-25)18-32-12-11-19-5-7-21(8-6-19)34-17-20-13-23(30-2)15-24(14-20)31-3/h5-10,13-16H,4,11-12,17-18H2,1-3H3,(H,28,29). The van der Waals surface area contributed by atoms with Crippen molar-refractivity contribution in [3.05, 3.63) is 77.6 Å². The van der Waals surface area contributed by atoms with Gasteiger partial charge in [0.05, 0.1) is 38.5 Å². The van der Waals surface area contributed by atoms with E-state index in [9.17, 15) is 0 Å². The average molecular weight is 463 g/mol. The van der Waals surface area contributed by atoms with Crippen molar-refractivity contribution in [2.75, 3.05) is 27.4 Å². The Morgan fingerprint density at radius 3 is 2.18 bits per heavy atom. The first kappa shape index (κ1) is 23.4. The monoisotopic (exact) mass is 462 g/mol. The third kappa shape index (κ3) is 6.20. The van der Waals surface area contributed by atoms with Crippen LogP contribution >= 0.6 is 0 Å². The van der Waals surface area contributed by atoms with E-state index in [1.807, 2.05) is 55.5 Å². The Bertz CT molecular complexity index is 1180. The van der Waals surface area contributed by atoms with Crippen LogP contribution in [-0.4, -0.2) is 37.4 Å². The van der Waals surface area contributed by atoms with E-state index in [2.05, 4.69) is 22.1 Å². The molecule has 4 rings (SSSR count). The molecule has 0 aliphatic carbocycles. The van der Waals surface area contributed by atoms with E-state index in [0.29, 0.717) is 26.4 Å². The van der Waals surface area contributed by atoms with Crippen molar-refractivity contribution in [2.24, 2.45) is 0 Å². The molecule has 1 heterocycles. The summed E-state index contributed by atoms with van der Waals surface area (Å²) in [4.78, 5) is 7.86. The lowest BCUT2D eigenvalue weighted by Crippen LogP contribution is -2.01. The Hall–Kier alpha value is -3.71. The summed E-state index contributed by atoms with van der Waals surface area (Å²) in [6, 6.07) is 19.6. The molecule has 0 unspecified atom stereocenters. The van der Waals surface area contributed by atoms with Gasteiger partial charge in [-0.1, -0.05) is 12.1 Å². The highest BCUT2D eigenvalue weighted by Crippen LogP contribution is 2.24. The maximum Gasteiger partial charge on any atom is 0.133 e. The summed E-state index contributed by atoms with van der Waals surface area (Å²) in [7, 11) is 3.27. The molecule has 3 aromatic carbocycles. The van der Waals surface area contributed by atoms with Gasteiger partial charge in [-0.05, 0) is 60.9 Å². The number of H-pyrrole nitrogens is 1. The van der Waals surface area contributed by atoms with Gasteiger partial charge in [0, 0.05) is 12.1 Å². The van der Waals surface area contributed by atoms with Gasteiger partial charge < -0.3 is 28.7 Å². The number of ether oxygens (including phenoxy) is 5. The zero-order valence-electron chi connectivity index (χ0n) is 19.8. The van der Waals surface area contributed by atoms with E-state index in [4.69, 9.17) is 23.7 Å². The number of aromatic amines is 1. The second-order valence-corrected chi connectivity index (χ2v) is 7.75. The molecule has 1 aromatic heterocycles. The molecule has 0 saturated heterocycles. The number of imidazole rings is 1. The van der Waals surface area contributed by atoms with Crippen molar-refractivity contribution in [3.8, 4) is 23.0 Å². The molecule has 0 bridgehead atoms. The number of benzene rings is 3. The lowest BCUT2D eigenvalue weighted by atomic mass is 10.1. The van der Waals surface area contributed by atoms with Gasteiger partial charge in [-0.25, -0.2) is 4.98 Å². The predicted octanol–water partition coefficient (Wildman–Crippen LogP) is 5.32. The Labute approximate surface area is 199 Å². The van der Waals surface area contributed by atoms with Crippen molar-refractivity contribution in [3.63, 3.8) is 0 Å². The van der Waals surface area contributed by atoms with Crippen LogP contribution in [0.15, 0.2) is 60.7 Å². The second-order valence-electron chi connectivity index (χ2n) is 7.75. The van der Waals surface area contributed by atoms with Gasteiger partial charge in [0.2, 0.25) is 0 Å². The number of fused-ring (bicyclic) bond motifs is 1. The summed E-state index contributed by atoms with van der Waals surface area (Å²) in [6.45, 7) is 4.08. The number of rotatable bonds is 12. The van der Waals surface area contributed by atoms with Crippen LogP contribution in [0.3, 0.4) is 0 Å². The van der Waals surface area contributed by atoms with Gasteiger partial charge in [0.25, 0.3) is 0 Å². The van der Waals surface area contributed by atoms with Crippen LogP contribution in [0.2, 0.25) is 0 Å². The molecule has 0 amide bonds. The fourth-order valence-electron chi connectivity index (χ4n) is 3.59. The molecule has 0 aliphatic heterocycles. The summed E-state index contributed by atoms with van der Waals surface area (Å²) in [5.74, 6) is 3.93. The Kier molecular flexibility index (Phi) is 7.88. The summed E-state index contributed by atoms with van der Waals surface area (Å²) in [5, 5.41) is 0. The largest absolute Gasteiger partial charge is 0.497 e. The SMILES string of the molecule is CCOc1ccc2nc(COCCc3ccc(OCc4cc(OC)cc(OC)c4)cc3)[nH]c2c1.